The lowest BCUT2D eigenvalue weighted by atomic mass is 10.1. The summed E-state index contributed by atoms with van der Waals surface area (Å²) in [4.78, 5) is 0. The van der Waals surface area contributed by atoms with Crippen molar-refractivity contribution in [3.63, 3.8) is 0 Å². The second-order valence-corrected chi connectivity index (χ2v) is 3.50. The van der Waals surface area contributed by atoms with E-state index in [0.29, 0.717) is 6.04 Å². The van der Waals surface area contributed by atoms with Crippen molar-refractivity contribution in [3.05, 3.63) is 6.33 Å². The summed E-state index contributed by atoms with van der Waals surface area (Å²) in [6.07, 6.45) is 2.94. The van der Waals surface area contributed by atoms with Crippen molar-refractivity contribution in [2.24, 2.45) is 11.8 Å². The second-order valence-electron chi connectivity index (χ2n) is 3.50. The molecule has 0 unspecified atom stereocenters. The highest BCUT2D eigenvalue weighted by atomic mass is 15.5. The zero-order chi connectivity index (χ0) is 7.84. The van der Waals surface area contributed by atoms with Crippen LogP contribution in [0.2, 0.25) is 0 Å². The van der Waals surface area contributed by atoms with Crippen molar-refractivity contribution in [2.45, 2.75) is 26.3 Å². The average Bonchev–Trinajstić information content (AvgIpc) is 2.60. The first-order valence-corrected chi connectivity index (χ1v) is 4.01. The van der Waals surface area contributed by atoms with Gasteiger partial charge in [-0.3, -0.25) is 0 Å². The summed E-state index contributed by atoms with van der Waals surface area (Å²) in [6, 6.07) is 0.574. The van der Waals surface area contributed by atoms with E-state index in [1.807, 2.05) is 4.68 Å². The zero-order valence-electron chi connectivity index (χ0n) is 6.81. The van der Waals surface area contributed by atoms with Crippen LogP contribution in [-0.2, 0) is 0 Å². The van der Waals surface area contributed by atoms with E-state index in [0.717, 1.165) is 11.8 Å². The fourth-order valence-electron chi connectivity index (χ4n) is 1.54. The lowest BCUT2D eigenvalue weighted by Gasteiger charge is -2.00. The Balaban J connectivity index is 2.02. The van der Waals surface area contributed by atoms with Crippen LogP contribution < -0.4 is 0 Å². The largest absolute Gasteiger partial charge is 0.229 e. The predicted octanol–water partition coefficient (Wildman–Crippen LogP) is 0.890. The molecule has 1 saturated carbocycles. The van der Waals surface area contributed by atoms with E-state index in [1.165, 1.54) is 6.42 Å². The molecule has 1 aromatic heterocycles. The number of aromatic nitrogens is 4. The molecule has 1 heterocycles. The zero-order valence-corrected chi connectivity index (χ0v) is 6.81. The van der Waals surface area contributed by atoms with E-state index >= 15 is 0 Å². The molecule has 0 N–H and O–H groups in total. The van der Waals surface area contributed by atoms with Crippen molar-refractivity contribution in [3.8, 4) is 0 Å². The number of nitrogens with zero attached hydrogens (tertiary/aromatic N) is 4. The highest BCUT2D eigenvalue weighted by molar-refractivity contribution is 4.91. The summed E-state index contributed by atoms with van der Waals surface area (Å²) in [5.74, 6) is 1.54. The van der Waals surface area contributed by atoms with Gasteiger partial charge in [0.05, 0.1) is 6.04 Å². The van der Waals surface area contributed by atoms with Crippen LogP contribution in [0, 0.1) is 11.8 Å². The SMILES string of the molecule is CC(C)[C@@H]1C[C@@H]1n1cnnn1. The van der Waals surface area contributed by atoms with Gasteiger partial charge in [-0.05, 0) is 28.7 Å². The van der Waals surface area contributed by atoms with Crippen LogP contribution in [0.4, 0.5) is 0 Å². The van der Waals surface area contributed by atoms with Crippen LogP contribution in [0.1, 0.15) is 26.3 Å². The number of hydrogen-bond donors (Lipinski definition) is 0. The van der Waals surface area contributed by atoms with Gasteiger partial charge in [-0.2, -0.15) is 0 Å². The fourth-order valence-corrected chi connectivity index (χ4v) is 1.54. The minimum absolute atomic E-state index is 0.574. The molecule has 1 aliphatic carbocycles. The Hall–Kier alpha value is -0.930. The molecule has 1 aromatic rings. The molecule has 0 saturated heterocycles. The maximum absolute atomic E-state index is 3.87. The van der Waals surface area contributed by atoms with E-state index in [-0.39, 0.29) is 0 Å². The second kappa shape index (κ2) is 2.29. The molecule has 4 heteroatoms. The van der Waals surface area contributed by atoms with Crippen molar-refractivity contribution in [2.75, 3.05) is 0 Å². The third-order valence-corrected chi connectivity index (χ3v) is 2.37. The maximum atomic E-state index is 3.87. The Bertz CT molecular complexity index is 229. The molecule has 4 nitrogen and oxygen atoms in total. The van der Waals surface area contributed by atoms with Crippen LogP contribution in [-0.4, -0.2) is 20.2 Å². The monoisotopic (exact) mass is 152 g/mol. The summed E-state index contributed by atoms with van der Waals surface area (Å²) in [5.41, 5.74) is 0. The average molecular weight is 152 g/mol. The molecule has 0 aliphatic heterocycles. The Labute approximate surface area is 65.6 Å². The molecule has 2 rings (SSSR count). The van der Waals surface area contributed by atoms with Gasteiger partial charge < -0.3 is 0 Å². The summed E-state index contributed by atoms with van der Waals surface area (Å²) >= 11 is 0. The molecule has 0 amide bonds. The Kier molecular flexibility index (Phi) is 1.41. The third kappa shape index (κ3) is 1.13. The van der Waals surface area contributed by atoms with Crippen LogP contribution in [0.25, 0.3) is 0 Å². The summed E-state index contributed by atoms with van der Waals surface area (Å²) in [6.45, 7) is 4.49. The molecule has 2 atom stereocenters. The molecular formula is C7H12N4. The maximum Gasteiger partial charge on any atom is 0.138 e. The number of tetrazole rings is 1. The minimum atomic E-state index is 0.574. The lowest BCUT2D eigenvalue weighted by molar-refractivity contribution is 0.480. The molecule has 0 bridgehead atoms. The van der Waals surface area contributed by atoms with E-state index < -0.39 is 0 Å². The Morgan fingerprint density at radius 1 is 1.55 bits per heavy atom. The van der Waals surface area contributed by atoms with Crippen molar-refractivity contribution >= 4 is 0 Å². The molecule has 1 fully saturated rings. The van der Waals surface area contributed by atoms with Crippen LogP contribution in [0.5, 0.6) is 0 Å². The van der Waals surface area contributed by atoms with Gasteiger partial charge in [0.15, 0.2) is 0 Å². The predicted molar refractivity (Wildman–Crippen MR) is 39.8 cm³/mol. The molecule has 60 valence electrons. The first-order chi connectivity index (χ1) is 5.29. The van der Waals surface area contributed by atoms with Gasteiger partial charge in [-0.15, -0.1) is 5.10 Å². The van der Waals surface area contributed by atoms with E-state index in [1.54, 1.807) is 6.33 Å². The van der Waals surface area contributed by atoms with Crippen molar-refractivity contribution in [1.82, 2.24) is 20.2 Å². The van der Waals surface area contributed by atoms with E-state index in [4.69, 9.17) is 0 Å². The van der Waals surface area contributed by atoms with Crippen LogP contribution in [0.15, 0.2) is 6.33 Å². The molecular weight excluding hydrogens is 140 g/mol. The van der Waals surface area contributed by atoms with Gasteiger partial charge >= 0.3 is 0 Å². The molecule has 0 spiro atoms. The first-order valence-electron chi connectivity index (χ1n) is 4.01. The molecule has 0 radical (unpaired) electrons. The van der Waals surface area contributed by atoms with Gasteiger partial charge in [0.1, 0.15) is 6.33 Å². The topological polar surface area (TPSA) is 43.6 Å². The van der Waals surface area contributed by atoms with Crippen LogP contribution in [0.3, 0.4) is 0 Å². The third-order valence-electron chi connectivity index (χ3n) is 2.37. The standard InChI is InChI=1S/C7H12N4/c1-5(2)6-3-7(6)11-4-8-9-10-11/h4-7H,3H2,1-2H3/t6-,7-/m0/s1. The van der Waals surface area contributed by atoms with Gasteiger partial charge in [0, 0.05) is 0 Å². The van der Waals surface area contributed by atoms with Crippen LogP contribution >= 0.6 is 0 Å². The number of rotatable bonds is 2. The van der Waals surface area contributed by atoms with Gasteiger partial charge in [-0.1, -0.05) is 13.8 Å². The highest BCUT2D eigenvalue weighted by Gasteiger charge is 2.41. The number of hydrogen-bond acceptors (Lipinski definition) is 3. The van der Waals surface area contributed by atoms with Crippen molar-refractivity contribution in [1.29, 1.82) is 0 Å². The van der Waals surface area contributed by atoms with Gasteiger partial charge in [-0.25, -0.2) is 4.68 Å². The fraction of sp³-hybridized carbons (Fsp3) is 0.857. The van der Waals surface area contributed by atoms with Crippen molar-refractivity contribution < 1.29 is 0 Å². The first kappa shape index (κ1) is 6.76. The summed E-state index contributed by atoms with van der Waals surface area (Å²) in [7, 11) is 0. The van der Waals surface area contributed by atoms with Gasteiger partial charge in [0.25, 0.3) is 0 Å². The van der Waals surface area contributed by atoms with E-state index in [9.17, 15) is 0 Å². The quantitative estimate of drug-likeness (QED) is 0.632. The normalized spacial score (nSPS) is 29.4. The van der Waals surface area contributed by atoms with E-state index in [2.05, 4.69) is 29.4 Å². The summed E-state index contributed by atoms with van der Waals surface area (Å²) in [5, 5.41) is 11.1. The smallest absolute Gasteiger partial charge is 0.138 e. The lowest BCUT2D eigenvalue weighted by Crippen LogP contribution is -2.00. The Morgan fingerprint density at radius 2 is 2.36 bits per heavy atom. The molecule has 1 aliphatic rings. The summed E-state index contributed by atoms with van der Waals surface area (Å²) < 4.78 is 1.87. The van der Waals surface area contributed by atoms with Gasteiger partial charge in [0.2, 0.25) is 0 Å². The molecule has 0 aromatic carbocycles. The Morgan fingerprint density at radius 3 is 2.82 bits per heavy atom. The highest BCUT2D eigenvalue weighted by Crippen LogP contribution is 2.47. The minimum Gasteiger partial charge on any atom is -0.229 e. The molecule has 11 heavy (non-hydrogen) atoms.